The maximum Gasteiger partial charge on any atom is 0.194 e. The second-order valence-electron chi connectivity index (χ2n) is 8.36. The fraction of sp³-hybridized carbons (Fsp3) is 0.857. The summed E-state index contributed by atoms with van der Waals surface area (Å²) in [6.07, 6.45) is 4.62. The Morgan fingerprint density at radius 2 is 1.87 bits per heavy atom. The van der Waals surface area contributed by atoms with Gasteiger partial charge in [-0.1, -0.05) is 0 Å². The fourth-order valence-electron chi connectivity index (χ4n) is 3.89. The molecule has 2 aliphatic heterocycles. The number of aliphatic imine (C=N–C) groups is 1. The van der Waals surface area contributed by atoms with E-state index in [-0.39, 0.29) is 24.0 Å². The average Bonchev–Trinajstić information content (AvgIpc) is 3.10. The molecule has 0 aromatic carbocycles. The highest BCUT2D eigenvalue weighted by Crippen LogP contribution is 2.18. The second-order valence-corrected chi connectivity index (χ2v) is 8.36. The summed E-state index contributed by atoms with van der Waals surface area (Å²) >= 11 is 0. The standard InChI is InChI=1S/C21H39N7O2.HI/c1-18-24-25-20(27(18)3)17-23-21(22-8-4-9-28-11-15-30-16-12-28)26(2)10-5-19-6-13-29-14-7-19;/h19H,4-17H2,1-3H3,(H,22,23);1H. The molecule has 0 bridgehead atoms. The Hall–Kier alpha value is -0.980. The molecule has 0 amide bonds. The third-order valence-electron chi connectivity index (χ3n) is 6.17. The van der Waals surface area contributed by atoms with E-state index in [1.165, 1.54) is 19.3 Å². The molecule has 0 aliphatic carbocycles. The lowest BCUT2D eigenvalue weighted by Gasteiger charge is -2.28. The molecule has 178 valence electrons. The predicted molar refractivity (Wildman–Crippen MR) is 133 cm³/mol. The molecule has 1 aromatic rings. The Labute approximate surface area is 204 Å². The van der Waals surface area contributed by atoms with Crippen molar-refractivity contribution in [2.24, 2.45) is 18.0 Å². The van der Waals surface area contributed by atoms with E-state index in [9.17, 15) is 0 Å². The Bertz CT molecular complexity index is 658. The number of rotatable bonds is 9. The number of nitrogens with one attached hydrogen (secondary N) is 1. The number of morpholine rings is 1. The largest absolute Gasteiger partial charge is 0.381 e. The quantitative estimate of drug-likeness (QED) is 0.217. The summed E-state index contributed by atoms with van der Waals surface area (Å²) in [6, 6.07) is 0. The molecule has 0 spiro atoms. The first kappa shape index (κ1) is 26.3. The molecule has 9 nitrogen and oxygen atoms in total. The fourth-order valence-corrected chi connectivity index (χ4v) is 3.89. The van der Waals surface area contributed by atoms with Crippen LogP contribution in [0.15, 0.2) is 4.99 Å². The smallest absolute Gasteiger partial charge is 0.194 e. The summed E-state index contributed by atoms with van der Waals surface area (Å²) in [6.45, 7) is 11.1. The molecule has 10 heteroatoms. The molecule has 1 aromatic heterocycles. The van der Waals surface area contributed by atoms with Crippen molar-refractivity contribution < 1.29 is 9.47 Å². The molecule has 1 N–H and O–H groups in total. The van der Waals surface area contributed by atoms with Gasteiger partial charge in [-0.2, -0.15) is 0 Å². The topological polar surface area (TPSA) is 80.0 Å². The number of nitrogens with zero attached hydrogens (tertiary/aromatic N) is 6. The van der Waals surface area contributed by atoms with Crippen molar-refractivity contribution in [2.45, 2.75) is 39.2 Å². The van der Waals surface area contributed by atoms with E-state index in [2.05, 4.69) is 32.4 Å². The van der Waals surface area contributed by atoms with Crippen molar-refractivity contribution in [1.82, 2.24) is 29.9 Å². The van der Waals surface area contributed by atoms with Gasteiger partial charge in [0.15, 0.2) is 11.8 Å². The first-order valence-corrected chi connectivity index (χ1v) is 11.4. The Kier molecular flexibility index (Phi) is 12.1. The summed E-state index contributed by atoms with van der Waals surface area (Å²) in [7, 11) is 4.12. The van der Waals surface area contributed by atoms with Crippen molar-refractivity contribution in [3.63, 3.8) is 0 Å². The maximum atomic E-state index is 5.49. The zero-order chi connectivity index (χ0) is 21.2. The van der Waals surface area contributed by atoms with Crippen LogP contribution in [0, 0.1) is 12.8 Å². The molecule has 0 unspecified atom stereocenters. The van der Waals surface area contributed by atoms with Crippen molar-refractivity contribution >= 4 is 29.9 Å². The van der Waals surface area contributed by atoms with Crippen LogP contribution in [-0.4, -0.2) is 96.7 Å². The normalized spacial score (nSPS) is 18.6. The van der Waals surface area contributed by atoms with E-state index in [0.717, 1.165) is 89.1 Å². The zero-order valence-electron chi connectivity index (χ0n) is 19.4. The van der Waals surface area contributed by atoms with Gasteiger partial charge >= 0.3 is 0 Å². The van der Waals surface area contributed by atoms with Gasteiger partial charge in [0.25, 0.3) is 0 Å². The molecule has 0 radical (unpaired) electrons. The van der Waals surface area contributed by atoms with Crippen LogP contribution in [0.5, 0.6) is 0 Å². The highest BCUT2D eigenvalue weighted by atomic mass is 127. The van der Waals surface area contributed by atoms with Crippen LogP contribution >= 0.6 is 24.0 Å². The van der Waals surface area contributed by atoms with Gasteiger partial charge in [0, 0.05) is 53.5 Å². The van der Waals surface area contributed by atoms with Gasteiger partial charge < -0.3 is 24.3 Å². The van der Waals surface area contributed by atoms with Crippen LogP contribution in [-0.2, 0) is 23.1 Å². The first-order chi connectivity index (χ1) is 14.6. The van der Waals surface area contributed by atoms with Gasteiger partial charge in [-0.3, -0.25) is 4.90 Å². The molecule has 0 saturated carbocycles. The van der Waals surface area contributed by atoms with Gasteiger partial charge in [0.1, 0.15) is 12.4 Å². The highest BCUT2D eigenvalue weighted by molar-refractivity contribution is 14.0. The van der Waals surface area contributed by atoms with Crippen molar-refractivity contribution in [3.05, 3.63) is 11.6 Å². The van der Waals surface area contributed by atoms with Gasteiger partial charge in [-0.25, -0.2) is 4.99 Å². The van der Waals surface area contributed by atoms with Gasteiger partial charge in [0.05, 0.1) is 13.2 Å². The average molecular weight is 550 g/mol. The Morgan fingerprint density at radius 3 is 2.55 bits per heavy atom. The minimum Gasteiger partial charge on any atom is -0.381 e. The third kappa shape index (κ3) is 8.82. The lowest BCUT2D eigenvalue weighted by atomic mass is 9.96. The molecule has 3 rings (SSSR count). The molecule has 3 heterocycles. The number of aromatic nitrogens is 3. The van der Waals surface area contributed by atoms with Crippen LogP contribution in [0.3, 0.4) is 0 Å². The van der Waals surface area contributed by atoms with Crippen LogP contribution in [0.1, 0.15) is 37.3 Å². The van der Waals surface area contributed by atoms with E-state index in [1.54, 1.807) is 0 Å². The minimum atomic E-state index is 0. The Balaban J connectivity index is 0.00000341. The first-order valence-electron chi connectivity index (χ1n) is 11.4. The molecule has 0 atom stereocenters. The number of hydrogen-bond acceptors (Lipinski definition) is 6. The molecular formula is C21H40IN7O2. The van der Waals surface area contributed by atoms with Crippen LogP contribution < -0.4 is 5.32 Å². The summed E-state index contributed by atoms with van der Waals surface area (Å²) in [5.41, 5.74) is 0. The minimum absolute atomic E-state index is 0. The summed E-state index contributed by atoms with van der Waals surface area (Å²) in [4.78, 5) is 9.59. The molecule has 2 aliphatic rings. The molecule has 31 heavy (non-hydrogen) atoms. The summed E-state index contributed by atoms with van der Waals surface area (Å²) in [5.74, 6) is 3.50. The number of guanidine groups is 1. The van der Waals surface area contributed by atoms with Gasteiger partial charge in [-0.05, 0) is 45.1 Å². The summed E-state index contributed by atoms with van der Waals surface area (Å²) in [5, 5.41) is 12.0. The van der Waals surface area contributed by atoms with Crippen molar-refractivity contribution in [1.29, 1.82) is 0 Å². The number of aryl methyl sites for hydroxylation is 1. The van der Waals surface area contributed by atoms with E-state index >= 15 is 0 Å². The highest BCUT2D eigenvalue weighted by Gasteiger charge is 2.16. The Morgan fingerprint density at radius 1 is 1.16 bits per heavy atom. The lowest BCUT2D eigenvalue weighted by molar-refractivity contribution is 0.0375. The second kappa shape index (κ2) is 14.2. The number of ether oxygens (including phenoxy) is 2. The van der Waals surface area contributed by atoms with E-state index < -0.39 is 0 Å². The van der Waals surface area contributed by atoms with Gasteiger partial charge in [0.2, 0.25) is 0 Å². The monoisotopic (exact) mass is 549 g/mol. The predicted octanol–water partition coefficient (Wildman–Crippen LogP) is 1.66. The number of hydrogen-bond donors (Lipinski definition) is 1. The van der Waals surface area contributed by atoms with Crippen LogP contribution in [0.4, 0.5) is 0 Å². The van der Waals surface area contributed by atoms with Crippen LogP contribution in [0.25, 0.3) is 0 Å². The SMILES string of the molecule is Cc1nnc(CN=C(NCCCN2CCOCC2)N(C)CCC2CCOCC2)n1C.I. The summed E-state index contributed by atoms with van der Waals surface area (Å²) < 4.78 is 12.9. The van der Waals surface area contributed by atoms with Crippen molar-refractivity contribution in [2.75, 3.05) is 66.2 Å². The van der Waals surface area contributed by atoms with Gasteiger partial charge in [-0.15, -0.1) is 34.2 Å². The van der Waals surface area contributed by atoms with E-state index in [0.29, 0.717) is 6.54 Å². The zero-order valence-corrected chi connectivity index (χ0v) is 21.7. The van der Waals surface area contributed by atoms with Crippen LogP contribution in [0.2, 0.25) is 0 Å². The molecule has 2 fully saturated rings. The van der Waals surface area contributed by atoms with E-state index in [4.69, 9.17) is 14.5 Å². The van der Waals surface area contributed by atoms with E-state index in [1.807, 2.05) is 18.5 Å². The molecule has 2 saturated heterocycles. The third-order valence-corrected chi connectivity index (χ3v) is 6.17. The lowest BCUT2D eigenvalue weighted by Crippen LogP contribution is -2.42. The molecular weight excluding hydrogens is 509 g/mol. The number of halogens is 1. The van der Waals surface area contributed by atoms with Crippen molar-refractivity contribution in [3.8, 4) is 0 Å². The maximum absolute atomic E-state index is 5.49.